The van der Waals surface area contributed by atoms with Gasteiger partial charge in [0.2, 0.25) is 0 Å². The van der Waals surface area contributed by atoms with Crippen molar-refractivity contribution in [3.05, 3.63) is 23.2 Å². The average Bonchev–Trinajstić information content (AvgIpc) is 2.86. The third kappa shape index (κ3) is 4.17. The van der Waals surface area contributed by atoms with Gasteiger partial charge in [-0.3, -0.25) is 0 Å². The van der Waals surface area contributed by atoms with E-state index >= 15 is 0 Å². The summed E-state index contributed by atoms with van der Waals surface area (Å²) in [5.41, 5.74) is 7.30. The van der Waals surface area contributed by atoms with Crippen LogP contribution in [0.3, 0.4) is 0 Å². The molecular weight excluding hydrogens is 286 g/mol. The van der Waals surface area contributed by atoms with Crippen LogP contribution in [0.15, 0.2) is 18.2 Å². The fraction of sp³-hybridized carbons (Fsp3) is 0.533. The van der Waals surface area contributed by atoms with Crippen molar-refractivity contribution in [3.8, 4) is 11.4 Å². The highest BCUT2D eigenvalue weighted by atomic mass is 35.5. The van der Waals surface area contributed by atoms with Gasteiger partial charge in [0.1, 0.15) is 0 Å². The average molecular weight is 308 g/mol. The second kappa shape index (κ2) is 6.89. The summed E-state index contributed by atoms with van der Waals surface area (Å²) in [5.74, 6) is 1.43. The zero-order valence-electron chi connectivity index (χ0n) is 12.8. The maximum atomic E-state index is 6.06. The molecule has 0 radical (unpaired) electrons. The van der Waals surface area contributed by atoms with E-state index in [-0.39, 0.29) is 6.04 Å². The van der Waals surface area contributed by atoms with E-state index in [0.717, 1.165) is 24.3 Å². The number of rotatable bonds is 6. The number of nitrogens with two attached hydrogens (primary N) is 1. The van der Waals surface area contributed by atoms with E-state index in [1.54, 1.807) is 6.07 Å². The minimum atomic E-state index is 0.244. The van der Waals surface area contributed by atoms with Gasteiger partial charge in [0.25, 0.3) is 0 Å². The van der Waals surface area contributed by atoms with Crippen molar-refractivity contribution >= 4 is 17.3 Å². The molecule has 1 atom stereocenters. The lowest BCUT2D eigenvalue weighted by Gasteiger charge is -2.14. The van der Waals surface area contributed by atoms with Gasteiger partial charge in [-0.2, -0.15) is 0 Å². The first-order valence-electron chi connectivity index (χ1n) is 7.31. The Labute approximate surface area is 130 Å². The molecule has 0 saturated heterocycles. The van der Waals surface area contributed by atoms with Gasteiger partial charge in [-0.25, -0.2) is 4.68 Å². The summed E-state index contributed by atoms with van der Waals surface area (Å²) in [5, 5.41) is 12.6. The Bertz CT molecular complexity index is 573. The van der Waals surface area contributed by atoms with Crippen molar-refractivity contribution in [2.75, 3.05) is 5.73 Å². The van der Waals surface area contributed by atoms with Crippen LogP contribution in [0.4, 0.5) is 5.69 Å². The lowest BCUT2D eigenvalue weighted by Crippen LogP contribution is -2.09. The number of nitrogens with zero attached hydrogens (tertiary/aromatic N) is 4. The maximum absolute atomic E-state index is 6.06. The van der Waals surface area contributed by atoms with E-state index in [2.05, 4.69) is 36.3 Å². The van der Waals surface area contributed by atoms with Crippen molar-refractivity contribution in [2.24, 2.45) is 5.92 Å². The van der Waals surface area contributed by atoms with Crippen LogP contribution in [-0.4, -0.2) is 20.2 Å². The van der Waals surface area contributed by atoms with E-state index in [1.165, 1.54) is 6.42 Å². The number of hydrogen-bond donors (Lipinski definition) is 1. The summed E-state index contributed by atoms with van der Waals surface area (Å²) < 4.78 is 1.85. The molecule has 0 aliphatic heterocycles. The summed E-state index contributed by atoms with van der Waals surface area (Å²) in [6.07, 6.45) is 3.42. The number of hydrogen-bond acceptors (Lipinski definition) is 4. The molecule has 0 fully saturated rings. The molecular formula is C15H22ClN5. The van der Waals surface area contributed by atoms with Crippen molar-refractivity contribution in [1.29, 1.82) is 0 Å². The Morgan fingerprint density at radius 2 is 1.95 bits per heavy atom. The fourth-order valence-corrected chi connectivity index (χ4v) is 2.61. The monoisotopic (exact) mass is 307 g/mol. The van der Waals surface area contributed by atoms with Crippen LogP contribution in [0.1, 0.15) is 46.1 Å². The van der Waals surface area contributed by atoms with Crippen LogP contribution < -0.4 is 5.73 Å². The van der Waals surface area contributed by atoms with E-state index in [1.807, 2.05) is 16.8 Å². The molecule has 0 saturated carbocycles. The molecule has 0 amide bonds. The molecule has 1 unspecified atom stereocenters. The second-order valence-corrected chi connectivity index (χ2v) is 6.33. The highest BCUT2D eigenvalue weighted by molar-refractivity contribution is 6.31. The molecule has 0 aliphatic carbocycles. The van der Waals surface area contributed by atoms with Crippen LogP contribution in [-0.2, 0) is 0 Å². The van der Waals surface area contributed by atoms with Crippen LogP contribution >= 0.6 is 11.6 Å². The lowest BCUT2D eigenvalue weighted by atomic mass is 10.0. The number of tetrazole rings is 1. The molecule has 1 heterocycles. The zero-order valence-corrected chi connectivity index (χ0v) is 13.5. The molecule has 2 rings (SSSR count). The smallest absolute Gasteiger partial charge is 0.182 e. The van der Waals surface area contributed by atoms with Crippen molar-refractivity contribution < 1.29 is 0 Å². The predicted octanol–water partition coefficient (Wildman–Crippen LogP) is 3.96. The van der Waals surface area contributed by atoms with Gasteiger partial charge in [0, 0.05) is 16.3 Å². The second-order valence-electron chi connectivity index (χ2n) is 5.89. The minimum absolute atomic E-state index is 0.244. The Hall–Kier alpha value is -1.62. The third-order valence-corrected chi connectivity index (χ3v) is 3.71. The highest BCUT2D eigenvalue weighted by Gasteiger charge is 2.15. The molecule has 0 aliphatic rings. The summed E-state index contributed by atoms with van der Waals surface area (Å²) in [7, 11) is 0. The number of halogens is 1. The fourth-order valence-electron chi connectivity index (χ4n) is 2.37. The molecule has 2 aromatic rings. The highest BCUT2D eigenvalue weighted by Crippen LogP contribution is 2.27. The summed E-state index contributed by atoms with van der Waals surface area (Å²) in [4.78, 5) is 0. The molecule has 21 heavy (non-hydrogen) atoms. The van der Waals surface area contributed by atoms with Gasteiger partial charge < -0.3 is 5.73 Å². The first-order valence-corrected chi connectivity index (χ1v) is 7.69. The Balaban J connectivity index is 2.17. The number of anilines is 1. The Morgan fingerprint density at radius 3 is 2.62 bits per heavy atom. The largest absolute Gasteiger partial charge is 0.399 e. The standard InChI is InChI=1S/C15H22ClN5/c1-10(2)5-4-6-11(3)21-15(18-19-20-21)12-7-13(16)9-14(17)8-12/h7-11H,4-6,17H2,1-3H3. The number of nitrogen functional groups attached to an aromatic ring is 1. The van der Waals surface area contributed by atoms with Gasteiger partial charge in [-0.15, -0.1) is 5.10 Å². The summed E-state index contributed by atoms with van der Waals surface area (Å²) >= 11 is 6.06. The minimum Gasteiger partial charge on any atom is -0.399 e. The summed E-state index contributed by atoms with van der Waals surface area (Å²) in [6, 6.07) is 5.63. The SMILES string of the molecule is CC(C)CCCC(C)n1nnnc1-c1cc(N)cc(Cl)c1. The van der Waals surface area contributed by atoms with Gasteiger partial charge in [0.15, 0.2) is 5.82 Å². The van der Waals surface area contributed by atoms with Gasteiger partial charge in [-0.1, -0.05) is 38.3 Å². The zero-order chi connectivity index (χ0) is 15.4. The number of aromatic nitrogens is 4. The first kappa shape index (κ1) is 15.8. The van der Waals surface area contributed by atoms with Crippen molar-refractivity contribution in [2.45, 2.75) is 46.1 Å². The third-order valence-electron chi connectivity index (χ3n) is 3.49. The van der Waals surface area contributed by atoms with E-state index in [9.17, 15) is 0 Å². The van der Waals surface area contributed by atoms with Gasteiger partial charge in [0.05, 0.1) is 6.04 Å². The van der Waals surface area contributed by atoms with E-state index in [0.29, 0.717) is 16.5 Å². The van der Waals surface area contributed by atoms with Crippen LogP contribution in [0.25, 0.3) is 11.4 Å². The van der Waals surface area contributed by atoms with E-state index < -0.39 is 0 Å². The molecule has 1 aromatic heterocycles. The predicted molar refractivity (Wildman–Crippen MR) is 86.1 cm³/mol. The molecule has 0 spiro atoms. The Kier molecular flexibility index (Phi) is 5.17. The van der Waals surface area contributed by atoms with E-state index in [4.69, 9.17) is 17.3 Å². The molecule has 0 bridgehead atoms. The summed E-state index contributed by atoms with van der Waals surface area (Å²) in [6.45, 7) is 6.61. The lowest BCUT2D eigenvalue weighted by molar-refractivity contribution is 0.414. The van der Waals surface area contributed by atoms with Gasteiger partial charge >= 0.3 is 0 Å². The number of benzene rings is 1. The molecule has 6 heteroatoms. The van der Waals surface area contributed by atoms with Crippen LogP contribution in [0.2, 0.25) is 5.02 Å². The van der Waals surface area contributed by atoms with Crippen molar-refractivity contribution in [1.82, 2.24) is 20.2 Å². The maximum Gasteiger partial charge on any atom is 0.182 e. The molecule has 114 valence electrons. The molecule has 2 N–H and O–H groups in total. The Morgan fingerprint density at radius 1 is 1.19 bits per heavy atom. The van der Waals surface area contributed by atoms with Crippen LogP contribution in [0, 0.1) is 5.92 Å². The first-order chi connectivity index (χ1) is 9.97. The normalized spacial score (nSPS) is 12.8. The quantitative estimate of drug-likeness (QED) is 0.820. The van der Waals surface area contributed by atoms with Gasteiger partial charge in [-0.05, 0) is 47.9 Å². The van der Waals surface area contributed by atoms with Crippen LogP contribution in [0.5, 0.6) is 0 Å². The molecule has 1 aromatic carbocycles. The van der Waals surface area contributed by atoms with Crippen molar-refractivity contribution in [3.63, 3.8) is 0 Å². The molecule has 5 nitrogen and oxygen atoms in total. The topological polar surface area (TPSA) is 69.6 Å².